The molecule has 0 spiro atoms. The molecule has 9 nitrogen and oxygen atoms in total. The van der Waals surface area contributed by atoms with Gasteiger partial charge >= 0.3 is 11.6 Å². The molecule has 136 valence electrons. The second-order valence-corrected chi connectivity index (χ2v) is 5.52. The molecule has 1 aromatic heterocycles. The average molecular weight is 360 g/mol. The van der Waals surface area contributed by atoms with Crippen LogP contribution in [0.3, 0.4) is 0 Å². The van der Waals surface area contributed by atoms with E-state index in [0.29, 0.717) is 11.3 Å². The van der Waals surface area contributed by atoms with Gasteiger partial charge in [0.05, 0.1) is 4.92 Å². The van der Waals surface area contributed by atoms with Gasteiger partial charge < -0.3 is 14.5 Å². The number of nitro groups is 1. The summed E-state index contributed by atoms with van der Waals surface area (Å²) in [6.07, 6.45) is -1.14. The maximum atomic E-state index is 12.2. The number of hydrogen-bond donors (Lipinski definition) is 1. The number of benzene rings is 1. The fraction of sp³-hybridized carbons (Fsp3) is 0.235. The molecular formula is C17H16N2O7. The Balaban J connectivity index is 2.06. The Morgan fingerprint density at radius 1 is 1.23 bits per heavy atom. The number of anilines is 1. The van der Waals surface area contributed by atoms with E-state index in [-0.39, 0.29) is 17.0 Å². The third-order valence-corrected chi connectivity index (χ3v) is 3.54. The van der Waals surface area contributed by atoms with Crippen molar-refractivity contribution in [3.8, 4) is 0 Å². The Hall–Kier alpha value is -3.49. The zero-order valence-electron chi connectivity index (χ0n) is 14.3. The molecule has 0 aliphatic carbocycles. The molecule has 1 N–H and O–H groups in total. The molecule has 1 heterocycles. The fourth-order valence-electron chi connectivity index (χ4n) is 2.25. The highest BCUT2D eigenvalue weighted by molar-refractivity contribution is 5.98. The van der Waals surface area contributed by atoms with Crippen molar-refractivity contribution in [3.05, 3.63) is 67.8 Å². The summed E-state index contributed by atoms with van der Waals surface area (Å²) in [5.74, 6) is -1.31. The first-order valence-corrected chi connectivity index (χ1v) is 7.56. The number of nitrogens with zero attached hydrogens (tertiary/aromatic N) is 1. The SMILES string of the molecule is Cc1cc(=O)oc(C)c1C(=O)OC(C)C(=O)Nc1ccc([N+](=O)[O-])cc1. The predicted molar refractivity (Wildman–Crippen MR) is 91.1 cm³/mol. The first kappa shape index (κ1) is 18.8. The van der Waals surface area contributed by atoms with Crippen LogP contribution >= 0.6 is 0 Å². The van der Waals surface area contributed by atoms with Gasteiger partial charge in [-0.05, 0) is 38.5 Å². The number of nitro benzene ring substituents is 1. The maximum Gasteiger partial charge on any atom is 0.342 e. The number of amides is 1. The summed E-state index contributed by atoms with van der Waals surface area (Å²) in [5, 5.41) is 13.1. The van der Waals surface area contributed by atoms with E-state index in [4.69, 9.17) is 9.15 Å². The molecule has 2 rings (SSSR count). The van der Waals surface area contributed by atoms with E-state index >= 15 is 0 Å². The molecular weight excluding hydrogens is 344 g/mol. The van der Waals surface area contributed by atoms with Gasteiger partial charge in [-0.25, -0.2) is 9.59 Å². The van der Waals surface area contributed by atoms with E-state index in [1.54, 1.807) is 6.92 Å². The largest absolute Gasteiger partial charge is 0.449 e. The van der Waals surface area contributed by atoms with Crippen molar-refractivity contribution in [2.24, 2.45) is 0 Å². The van der Waals surface area contributed by atoms with Gasteiger partial charge in [-0.2, -0.15) is 0 Å². The molecule has 0 aliphatic heterocycles. The van der Waals surface area contributed by atoms with E-state index in [1.807, 2.05) is 0 Å². The van der Waals surface area contributed by atoms with Gasteiger partial charge in [0.15, 0.2) is 6.10 Å². The highest BCUT2D eigenvalue weighted by Gasteiger charge is 2.23. The number of ether oxygens (including phenoxy) is 1. The summed E-state index contributed by atoms with van der Waals surface area (Å²) in [6, 6.07) is 6.37. The number of aryl methyl sites for hydroxylation is 2. The smallest absolute Gasteiger partial charge is 0.342 e. The Kier molecular flexibility index (Phi) is 5.51. The third-order valence-electron chi connectivity index (χ3n) is 3.54. The normalized spacial score (nSPS) is 11.5. The summed E-state index contributed by atoms with van der Waals surface area (Å²) in [4.78, 5) is 45.7. The van der Waals surface area contributed by atoms with Crippen LogP contribution < -0.4 is 10.9 Å². The van der Waals surface area contributed by atoms with Crippen molar-refractivity contribution in [3.63, 3.8) is 0 Å². The van der Waals surface area contributed by atoms with E-state index in [2.05, 4.69) is 5.32 Å². The first-order chi connectivity index (χ1) is 12.2. The Morgan fingerprint density at radius 3 is 2.38 bits per heavy atom. The number of nitrogens with one attached hydrogen (secondary N) is 1. The van der Waals surface area contributed by atoms with Gasteiger partial charge in [-0.3, -0.25) is 14.9 Å². The summed E-state index contributed by atoms with van der Waals surface area (Å²) in [7, 11) is 0. The van der Waals surface area contributed by atoms with Crippen molar-refractivity contribution in [2.75, 3.05) is 5.32 Å². The standard InChI is InChI=1S/C17H16N2O7/c1-9-8-14(20)25-10(2)15(9)17(22)26-11(3)16(21)18-12-4-6-13(7-5-12)19(23)24/h4-8,11H,1-3H3,(H,18,21). The molecule has 0 saturated carbocycles. The highest BCUT2D eigenvalue weighted by atomic mass is 16.6. The zero-order chi connectivity index (χ0) is 19.4. The number of carbonyl (C=O) groups is 2. The minimum atomic E-state index is -1.14. The molecule has 0 fully saturated rings. The van der Waals surface area contributed by atoms with Crippen molar-refractivity contribution in [1.82, 2.24) is 0 Å². The Bertz CT molecular complexity index is 889. The number of hydrogen-bond acceptors (Lipinski definition) is 7. The van der Waals surface area contributed by atoms with Crippen LogP contribution in [0.5, 0.6) is 0 Å². The van der Waals surface area contributed by atoms with Gasteiger partial charge in [0.25, 0.3) is 11.6 Å². The fourth-order valence-corrected chi connectivity index (χ4v) is 2.25. The molecule has 0 radical (unpaired) electrons. The topological polar surface area (TPSA) is 129 Å². The predicted octanol–water partition coefficient (Wildman–Crippen LogP) is 2.35. The molecule has 9 heteroatoms. The molecule has 1 unspecified atom stereocenters. The second-order valence-electron chi connectivity index (χ2n) is 5.52. The van der Waals surface area contributed by atoms with Gasteiger partial charge in [0, 0.05) is 23.9 Å². The monoisotopic (exact) mass is 360 g/mol. The van der Waals surface area contributed by atoms with Crippen LogP contribution in [0, 0.1) is 24.0 Å². The number of carbonyl (C=O) groups excluding carboxylic acids is 2. The lowest BCUT2D eigenvalue weighted by Gasteiger charge is -2.14. The van der Waals surface area contributed by atoms with E-state index in [9.17, 15) is 24.5 Å². The van der Waals surface area contributed by atoms with Gasteiger partial charge in [-0.1, -0.05) is 0 Å². The minimum Gasteiger partial charge on any atom is -0.449 e. The molecule has 0 saturated heterocycles. The number of non-ortho nitro benzene ring substituents is 1. The van der Waals surface area contributed by atoms with Crippen molar-refractivity contribution in [1.29, 1.82) is 0 Å². The average Bonchev–Trinajstić information content (AvgIpc) is 2.54. The van der Waals surface area contributed by atoms with E-state index in [0.717, 1.165) is 6.07 Å². The maximum absolute atomic E-state index is 12.2. The third kappa shape index (κ3) is 4.32. The van der Waals surface area contributed by atoms with Gasteiger partial charge in [0.1, 0.15) is 11.3 Å². The van der Waals surface area contributed by atoms with Crippen LogP contribution in [0.4, 0.5) is 11.4 Å². The number of esters is 1. The Labute approximate surface area is 147 Å². The summed E-state index contributed by atoms with van der Waals surface area (Å²) in [5.41, 5.74) is 0.0902. The van der Waals surface area contributed by atoms with E-state index in [1.165, 1.54) is 38.1 Å². The van der Waals surface area contributed by atoms with Gasteiger partial charge in [0.2, 0.25) is 0 Å². The minimum absolute atomic E-state index is 0.0829. The number of rotatable bonds is 5. The van der Waals surface area contributed by atoms with Crippen molar-refractivity contribution >= 4 is 23.3 Å². The van der Waals surface area contributed by atoms with Crippen LogP contribution in [-0.2, 0) is 9.53 Å². The summed E-state index contributed by atoms with van der Waals surface area (Å²) < 4.78 is 9.98. The van der Waals surface area contributed by atoms with Crippen molar-refractivity contribution < 1.29 is 23.7 Å². The summed E-state index contributed by atoms with van der Waals surface area (Å²) in [6.45, 7) is 4.39. The van der Waals surface area contributed by atoms with Crippen LogP contribution in [0.25, 0.3) is 0 Å². The van der Waals surface area contributed by atoms with Crippen LogP contribution in [-0.4, -0.2) is 22.9 Å². The second kappa shape index (κ2) is 7.60. The van der Waals surface area contributed by atoms with Crippen LogP contribution in [0.2, 0.25) is 0 Å². The van der Waals surface area contributed by atoms with Crippen LogP contribution in [0.15, 0.2) is 39.5 Å². The van der Waals surface area contributed by atoms with Crippen molar-refractivity contribution in [2.45, 2.75) is 26.9 Å². The lowest BCUT2D eigenvalue weighted by Crippen LogP contribution is -2.30. The molecule has 0 bridgehead atoms. The molecule has 1 amide bonds. The van der Waals surface area contributed by atoms with Crippen LogP contribution in [0.1, 0.15) is 28.6 Å². The quantitative estimate of drug-likeness (QED) is 0.492. The Morgan fingerprint density at radius 2 is 1.85 bits per heavy atom. The first-order valence-electron chi connectivity index (χ1n) is 7.56. The summed E-state index contributed by atoms with van der Waals surface area (Å²) >= 11 is 0. The molecule has 1 aromatic carbocycles. The van der Waals surface area contributed by atoms with Gasteiger partial charge in [-0.15, -0.1) is 0 Å². The zero-order valence-corrected chi connectivity index (χ0v) is 14.3. The molecule has 26 heavy (non-hydrogen) atoms. The molecule has 1 atom stereocenters. The lowest BCUT2D eigenvalue weighted by molar-refractivity contribution is -0.384. The highest BCUT2D eigenvalue weighted by Crippen LogP contribution is 2.17. The molecule has 0 aliphatic rings. The lowest BCUT2D eigenvalue weighted by atomic mass is 10.1. The molecule has 2 aromatic rings. The van der Waals surface area contributed by atoms with E-state index < -0.39 is 28.5 Å².